The van der Waals surface area contributed by atoms with Crippen LogP contribution in [0.1, 0.15) is 28.6 Å². The molecule has 0 heterocycles. The predicted molar refractivity (Wildman–Crippen MR) is 171 cm³/mol. The molecule has 42 heavy (non-hydrogen) atoms. The van der Waals surface area contributed by atoms with Gasteiger partial charge in [0.15, 0.2) is 5.78 Å². The van der Waals surface area contributed by atoms with E-state index in [0.717, 1.165) is 5.69 Å². The van der Waals surface area contributed by atoms with Gasteiger partial charge >= 0.3 is 13.6 Å². The molecule has 0 aliphatic rings. The maximum Gasteiger partial charge on any atom is 0.457 e. The van der Waals surface area contributed by atoms with Crippen molar-refractivity contribution in [3.05, 3.63) is 120 Å². The van der Waals surface area contributed by atoms with Gasteiger partial charge in [-0.1, -0.05) is 48.5 Å². The van der Waals surface area contributed by atoms with Crippen molar-refractivity contribution in [3.63, 3.8) is 0 Å². The molecule has 1 atom stereocenters. The summed E-state index contributed by atoms with van der Waals surface area (Å²) in [5, 5.41) is 3.35. The van der Waals surface area contributed by atoms with Gasteiger partial charge in [0.1, 0.15) is 11.5 Å². The molecule has 220 valence electrons. The Kier molecular flexibility index (Phi) is 11.6. The lowest BCUT2D eigenvalue weighted by molar-refractivity contribution is 0.0526. The summed E-state index contributed by atoms with van der Waals surface area (Å²) in [6, 6.07) is 32.2. The maximum atomic E-state index is 14.9. The van der Waals surface area contributed by atoms with Crippen molar-refractivity contribution >= 4 is 48.1 Å². The highest BCUT2D eigenvalue weighted by Gasteiger charge is 2.41. The average Bonchev–Trinajstić information content (AvgIpc) is 3.01. The van der Waals surface area contributed by atoms with Gasteiger partial charge in [-0.25, -0.2) is 9.36 Å². The Balaban J connectivity index is 1.76. The van der Waals surface area contributed by atoms with E-state index in [0.29, 0.717) is 53.2 Å². The van der Waals surface area contributed by atoms with Crippen molar-refractivity contribution in [2.75, 3.05) is 41.7 Å². The normalized spacial score (nSPS) is 11.8. The number of hydrogen-bond acceptors (Lipinski definition) is 7. The number of hydrogen-bond donors (Lipinski definition) is 1. The molecule has 10 heteroatoms. The molecular formula is C32H33Cl2N2O5P. The SMILES string of the molecule is CCOC(=O)c1ccc(NC(c2ccc(N(CCCl)CCCl)cc2)P(=O)(Oc2ccccc2)Oc2ccccc2)cc1. The molecule has 4 aromatic rings. The number of halogens is 2. The Morgan fingerprint density at radius 1 is 0.786 bits per heavy atom. The first kappa shape index (κ1) is 31.3. The van der Waals surface area contributed by atoms with E-state index in [9.17, 15) is 9.36 Å². The first-order valence-electron chi connectivity index (χ1n) is 13.6. The molecule has 0 bridgehead atoms. The van der Waals surface area contributed by atoms with Crippen molar-refractivity contribution in [1.82, 2.24) is 0 Å². The number of benzene rings is 4. The highest BCUT2D eigenvalue weighted by atomic mass is 35.5. The van der Waals surface area contributed by atoms with E-state index in [-0.39, 0.29) is 6.61 Å². The van der Waals surface area contributed by atoms with E-state index in [1.54, 1.807) is 79.7 Å². The van der Waals surface area contributed by atoms with Gasteiger partial charge in [-0.2, -0.15) is 0 Å². The molecule has 0 aromatic heterocycles. The van der Waals surface area contributed by atoms with Gasteiger partial charge in [0.2, 0.25) is 0 Å². The Labute approximate surface area is 256 Å². The monoisotopic (exact) mass is 626 g/mol. The second-order valence-corrected chi connectivity index (χ2v) is 11.9. The summed E-state index contributed by atoms with van der Waals surface area (Å²) >= 11 is 12.0. The number of carbonyl (C=O) groups excluding carboxylic acids is 1. The van der Waals surface area contributed by atoms with Crippen LogP contribution in [-0.4, -0.2) is 37.4 Å². The Bertz CT molecular complexity index is 1390. The summed E-state index contributed by atoms with van der Waals surface area (Å²) in [5.41, 5.74) is 2.61. The fraction of sp³-hybridized carbons (Fsp3) is 0.219. The number of nitrogens with zero attached hydrogens (tertiary/aromatic N) is 1. The van der Waals surface area contributed by atoms with Crippen LogP contribution in [0.25, 0.3) is 0 Å². The number of anilines is 2. The number of nitrogens with one attached hydrogen (secondary N) is 1. The van der Waals surface area contributed by atoms with Crippen LogP contribution in [0.2, 0.25) is 0 Å². The maximum absolute atomic E-state index is 14.9. The average molecular weight is 628 g/mol. The molecule has 0 amide bonds. The smallest absolute Gasteiger partial charge is 0.457 e. The van der Waals surface area contributed by atoms with Crippen molar-refractivity contribution in [2.45, 2.75) is 12.7 Å². The van der Waals surface area contributed by atoms with E-state index in [2.05, 4.69) is 10.2 Å². The first-order chi connectivity index (χ1) is 20.5. The molecular weight excluding hydrogens is 594 g/mol. The van der Waals surface area contributed by atoms with Crippen molar-refractivity contribution in [2.24, 2.45) is 0 Å². The molecule has 0 saturated heterocycles. The number of para-hydroxylation sites is 2. The van der Waals surface area contributed by atoms with Gasteiger partial charge in [-0.15, -0.1) is 23.2 Å². The van der Waals surface area contributed by atoms with Crippen LogP contribution in [0.3, 0.4) is 0 Å². The summed E-state index contributed by atoms with van der Waals surface area (Å²) in [6.07, 6.45) is 0. The molecule has 4 rings (SSSR count). The molecule has 1 unspecified atom stereocenters. The summed E-state index contributed by atoms with van der Waals surface area (Å²) in [5.74, 6) is 0.349. The lowest BCUT2D eigenvalue weighted by Gasteiger charge is -2.30. The molecule has 4 aromatic carbocycles. The summed E-state index contributed by atoms with van der Waals surface area (Å²) in [7, 11) is -4.03. The number of alkyl halides is 2. The third-order valence-corrected chi connectivity index (χ3v) is 8.58. The van der Waals surface area contributed by atoms with Gasteiger partial charge in [-0.05, 0) is 73.2 Å². The molecule has 0 radical (unpaired) electrons. The van der Waals surface area contributed by atoms with Gasteiger partial charge in [0, 0.05) is 36.2 Å². The number of rotatable bonds is 15. The lowest BCUT2D eigenvalue weighted by Crippen LogP contribution is -2.27. The van der Waals surface area contributed by atoms with E-state index in [1.807, 2.05) is 36.4 Å². The lowest BCUT2D eigenvalue weighted by atomic mass is 10.1. The standard InChI is InChI=1S/C32H33Cl2N2O5P/c1-2-39-32(37)26-13-17-27(18-14-26)35-31(25-15-19-28(20-16-25)36(23-21-33)24-22-34)42(38,40-29-9-5-3-6-10-29)41-30-11-7-4-8-12-30/h3-20,31,35H,2,21-24H2,1H3. The van der Waals surface area contributed by atoms with Crippen LogP contribution in [-0.2, 0) is 9.30 Å². The predicted octanol–water partition coefficient (Wildman–Crippen LogP) is 8.61. The highest BCUT2D eigenvalue weighted by Crippen LogP contribution is 2.60. The molecule has 0 fully saturated rings. The minimum Gasteiger partial charge on any atom is -0.462 e. The zero-order chi connectivity index (χ0) is 29.8. The Hall–Kier alpha value is -3.64. The third kappa shape index (κ3) is 8.45. The Morgan fingerprint density at radius 3 is 1.79 bits per heavy atom. The van der Waals surface area contributed by atoms with E-state index < -0.39 is 19.3 Å². The number of ether oxygens (including phenoxy) is 1. The van der Waals surface area contributed by atoms with Gasteiger partial charge < -0.3 is 24.0 Å². The zero-order valence-corrected chi connectivity index (χ0v) is 25.6. The molecule has 7 nitrogen and oxygen atoms in total. The van der Waals surface area contributed by atoms with Crippen LogP contribution in [0.5, 0.6) is 11.5 Å². The largest absolute Gasteiger partial charge is 0.462 e. The van der Waals surface area contributed by atoms with Crippen LogP contribution in [0.15, 0.2) is 109 Å². The minimum atomic E-state index is -4.03. The molecule has 0 spiro atoms. The van der Waals surface area contributed by atoms with E-state index >= 15 is 0 Å². The van der Waals surface area contributed by atoms with Gasteiger partial charge in [0.25, 0.3) is 0 Å². The fourth-order valence-electron chi connectivity index (χ4n) is 4.24. The van der Waals surface area contributed by atoms with Crippen molar-refractivity contribution in [3.8, 4) is 11.5 Å². The topological polar surface area (TPSA) is 77.1 Å². The number of esters is 1. The fourth-order valence-corrected chi connectivity index (χ4v) is 6.57. The second-order valence-electron chi connectivity index (χ2n) is 9.15. The van der Waals surface area contributed by atoms with E-state index in [1.165, 1.54) is 0 Å². The second kappa shape index (κ2) is 15.5. The van der Waals surface area contributed by atoms with E-state index in [4.69, 9.17) is 37.0 Å². The number of carbonyl (C=O) groups is 1. The third-order valence-electron chi connectivity index (χ3n) is 6.25. The van der Waals surface area contributed by atoms with Crippen LogP contribution >= 0.6 is 30.8 Å². The van der Waals surface area contributed by atoms with Gasteiger partial charge in [0.05, 0.1) is 12.2 Å². The first-order valence-corrected chi connectivity index (χ1v) is 16.2. The van der Waals surface area contributed by atoms with Crippen LogP contribution in [0.4, 0.5) is 11.4 Å². The van der Waals surface area contributed by atoms with Crippen molar-refractivity contribution in [1.29, 1.82) is 0 Å². The molecule has 1 N–H and O–H groups in total. The highest BCUT2D eigenvalue weighted by molar-refractivity contribution is 7.55. The molecule has 0 aliphatic heterocycles. The summed E-state index contributed by atoms with van der Waals surface area (Å²) in [6.45, 7) is 3.30. The van der Waals surface area contributed by atoms with Crippen LogP contribution < -0.4 is 19.3 Å². The molecule has 0 aliphatic carbocycles. The Morgan fingerprint density at radius 2 is 1.31 bits per heavy atom. The molecule has 0 saturated carbocycles. The summed E-state index contributed by atoms with van der Waals surface area (Å²) in [4.78, 5) is 14.3. The van der Waals surface area contributed by atoms with Crippen LogP contribution in [0, 0.1) is 0 Å². The summed E-state index contributed by atoms with van der Waals surface area (Å²) < 4.78 is 32.4. The van der Waals surface area contributed by atoms with Crippen molar-refractivity contribution < 1.29 is 23.1 Å². The quantitative estimate of drug-likeness (QED) is 0.0804. The minimum absolute atomic E-state index is 0.279. The zero-order valence-electron chi connectivity index (χ0n) is 23.2. The van der Waals surface area contributed by atoms with Gasteiger partial charge in [-0.3, -0.25) is 0 Å².